The van der Waals surface area contributed by atoms with Gasteiger partial charge in [-0.05, 0) is 65.4 Å². The smallest absolute Gasteiger partial charge is 0.294 e. The quantitative estimate of drug-likeness (QED) is 0.306. The van der Waals surface area contributed by atoms with E-state index in [9.17, 15) is 14.4 Å². The summed E-state index contributed by atoms with van der Waals surface area (Å²) < 4.78 is 11.1. The van der Waals surface area contributed by atoms with Crippen LogP contribution in [0.25, 0.3) is 16.8 Å². The summed E-state index contributed by atoms with van der Waals surface area (Å²) in [5.41, 5.74) is 1.29. The Kier molecular flexibility index (Phi) is 7.72. The Morgan fingerprint density at radius 1 is 1.06 bits per heavy atom. The molecule has 3 amide bonds. The van der Waals surface area contributed by atoms with E-state index in [-0.39, 0.29) is 11.4 Å². The Morgan fingerprint density at radius 3 is 2.57 bits per heavy atom. The molecule has 3 aromatic rings. The van der Waals surface area contributed by atoms with Gasteiger partial charge in [-0.15, -0.1) is 0 Å². The van der Waals surface area contributed by atoms with Crippen LogP contribution in [0.3, 0.4) is 0 Å². The molecule has 3 aromatic carbocycles. The fraction of sp³-hybridized carbons (Fsp3) is 0.222. The second-order valence-corrected chi connectivity index (χ2v) is 8.94. The van der Waals surface area contributed by atoms with Crippen molar-refractivity contribution >= 4 is 51.4 Å². The minimum atomic E-state index is -0.502. The van der Waals surface area contributed by atoms with Crippen molar-refractivity contribution in [2.24, 2.45) is 0 Å². The van der Waals surface area contributed by atoms with Gasteiger partial charge < -0.3 is 14.8 Å². The third-order valence-electron chi connectivity index (χ3n) is 5.51. The maximum atomic E-state index is 13.1. The first kappa shape index (κ1) is 24.3. The number of imide groups is 1. The molecular formula is C27H26N2O5S. The summed E-state index contributed by atoms with van der Waals surface area (Å²) in [6.45, 7) is 2.28. The normalized spacial score (nSPS) is 14.6. The number of nitrogens with zero attached hydrogens (tertiary/aromatic N) is 1. The molecule has 1 N–H and O–H groups in total. The Labute approximate surface area is 208 Å². The molecule has 0 aliphatic carbocycles. The van der Waals surface area contributed by atoms with Gasteiger partial charge in [0.2, 0.25) is 5.91 Å². The fourth-order valence-corrected chi connectivity index (χ4v) is 4.48. The van der Waals surface area contributed by atoms with Crippen molar-refractivity contribution in [3.05, 3.63) is 71.1 Å². The van der Waals surface area contributed by atoms with E-state index in [1.807, 2.05) is 36.4 Å². The molecule has 0 radical (unpaired) electrons. The highest BCUT2D eigenvalue weighted by atomic mass is 32.2. The number of amides is 3. The number of anilines is 1. The molecule has 1 aliphatic heterocycles. The monoisotopic (exact) mass is 490 g/mol. The van der Waals surface area contributed by atoms with E-state index in [1.54, 1.807) is 37.5 Å². The molecule has 0 saturated carbocycles. The molecule has 0 spiro atoms. The number of benzene rings is 3. The average molecular weight is 491 g/mol. The number of rotatable bonds is 9. The molecule has 1 fully saturated rings. The first-order chi connectivity index (χ1) is 17.0. The van der Waals surface area contributed by atoms with Crippen molar-refractivity contribution in [1.82, 2.24) is 4.90 Å². The van der Waals surface area contributed by atoms with Gasteiger partial charge in [0.25, 0.3) is 11.1 Å². The summed E-state index contributed by atoms with van der Waals surface area (Å²) in [6.07, 6.45) is 3.60. The van der Waals surface area contributed by atoms with E-state index in [2.05, 4.69) is 12.2 Å². The van der Waals surface area contributed by atoms with Gasteiger partial charge in [-0.1, -0.05) is 43.7 Å². The highest BCUT2D eigenvalue weighted by Gasteiger charge is 2.36. The number of hydrogen-bond acceptors (Lipinski definition) is 6. The molecular weight excluding hydrogens is 464 g/mol. The molecule has 0 aromatic heterocycles. The molecule has 1 heterocycles. The van der Waals surface area contributed by atoms with E-state index in [4.69, 9.17) is 9.47 Å². The largest absolute Gasteiger partial charge is 0.497 e. The third kappa shape index (κ3) is 5.66. The van der Waals surface area contributed by atoms with E-state index in [0.717, 1.165) is 45.8 Å². The Balaban J connectivity index is 1.55. The second kappa shape index (κ2) is 11.1. The minimum absolute atomic E-state index is 0.254. The van der Waals surface area contributed by atoms with Crippen LogP contribution >= 0.6 is 11.8 Å². The van der Waals surface area contributed by atoms with Gasteiger partial charge >= 0.3 is 0 Å². The van der Waals surface area contributed by atoms with Gasteiger partial charge in [0.1, 0.15) is 18.0 Å². The van der Waals surface area contributed by atoms with Gasteiger partial charge in [0, 0.05) is 11.3 Å². The van der Waals surface area contributed by atoms with Crippen LogP contribution in [-0.4, -0.2) is 42.2 Å². The van der Waals surface area contributed by atoms with E-state index < -0.39 is 17.1 Å². The molecule has 4 rings (SSSR count). The van der Waals surface area contributed by atoms with Crippen molar-refractivity contribution in [3.8, 4) is 11.5 Å². The van der Waals surface area contributed by atoms with Crippen LogP contribution in [0.15, 0.2) is 65.6 Å². The van der Waals surface area contributed by atoms with Gasteiger partial charge in [-0.3, -0.25) is 19.3 Å². The molecule has 0 unspecified atom stereocenters. The Bertz CT molecular complexity index is 1290. The fourth-order valence-electron chi connectivity index (χ4n) is 3.66. The summed E-state index contributed by atoms with van der Waals surface area (Å²) in [5, 5.41) is 4.13. The SMILES string of the molecule is CCCCOc1ccc2ccccc2c1/C=C1\SC(=O)N(CC(=O)Nc2ccc(OC)cc2)C1=O. The van der Waals surface area contributed by atoms with Gasteiger partial charge in [-0.2, -0.15) is 0 Å². The van der Waals surface area contributed by atoms with Crippen LogP contribution < -0.4 is 14.8 Å². The average Bonchev–Trinajstić information content (AvgIpc) is 3.13. The zero-order valence-corrected chi connectivity index (χ0v) is 20.4. The van der Waals surface area contributed by atoms with Crippen LogP contribution in [0.2, 0.25) is 0 Å². The van der Waals surface area contributed by atoms with Crippen LogP contribution in [0.1, 0.15) is 25.3 Å². The molecule has 35 heavy (non-hydrogen) atoms. The standard InChI is InChI=1S/C27H26N2O5S/c1-3-4-15-34-23-14-9-18-7-5-6-8-21(18)22(23)16-24-26(31)29(27(32)35-24)17-25(30)28-19-10-12-20(33-2)13-11-19/h5-14,16H,3-4,15,17H2,1-2H3,(H,28,30)/b24-16-. The van der Waals surface area contributed by atoms with Crippen molar-refractivity contribution < 1.29 is 23.9 Å². The van der Waals surface area contributed by atoms with Crippen molar-refractivity contribution in [2.75, 3.05) is 25.6 Å². The number of methoxy groups -OCH3 is 1. The summed E-state index contributed by atoms with van der Waals surface area (Å²) in [7, 11) is 1.56. The van der Waals surface area contributed by atoms with E-state index in [1.165, 1.54) is 0 Å². The highest BCUT2D eigenvalue weighted by Crippen LogP contribution is 2.37. The lowest BCUT2D eigenvalue weighted by molar-refractivity contribution is -0.127. The van der Waals surface area contributed by atoms with Crippen LogP contribution in [0, 0.1) is 0 Å². The van der Waals surface area contributed by atoms with Gasteiger partial charge in [-0.25, -0.2) is 0 Å². The molecule has 8 heteroatoms. The van der Waals surface area contributed by atoms with Crippen LogP contribution in [0.5, 0.6) is 11.5 Å². The maximum absolute atomic E-state index is 13.1. The lowest BCUT2D eigenvalue weighted by atomic mass is 10.0. The zero-order chi connectivity index (χ0) is 24.8. The molecule has 7 nitrogen and oxygen atoms in total. The first-order valence-electron chi connectivity index (χ1n) is 11.3. The number of ether oxygens (including phenoxy) is 2. The topological polar surface area (TPSA) is 84.9 Å². The number of fused-ring (bicyclic) bond motifs is 1. The summed E-state index contributed by atoms with van der Waals surface area (Å²) in [5.74, 6) is 0.344. The number of carbonyl (C=O) groups excluding carboxylic acids is 3. The number of unbranched alkanes of at least 4 members (excludes halogenated alkanes) is 1. The molecule has 0 atom stereocenters. The van der Waals surface area contributed by atoms with E-state index in [0.29, 0.717) is 23.8 Å². The summed E-state index contributed by atoms with van der Waals surface area (Å²) in [6, 6.07) is 18.5. The highest BCUT2D eigenvalue weighted by molar-refractivity contribution is 8.18. The summed E-state index contributed by atoms with van der Waals surface area (Å²) >= 11 is 0.822. The van der Waals surface area contributed by atoms with Crippen molar-refractivity contribution in [3.63, 3.8) is 0 Å². The Hall–Kier alpha value is -3.78. The number of nitrogens with one attached hydrogen (secondary N) is 1. The van der Waals surface area contributed by atoms with Crippen LogP contribution in [0.4, 0.5) is 10.5 Å². The number of hydrogen-bond donors (Lipinski definition) is 1. The second-order valence-electron chi connectivity index (χ2n) is 7.95. The molecule has 1 saturated heterocycles. The van der Waals surface area contributed by atoms with Crippen LogP contribution in [-0.2, 0) is 9.59 Å². The predicted octanol–water partition coefficient (Wildman–Crippen LogP) is 5.70. The molecule has 180 valence electrons. The molecule has 0 bridgehead atoms. The zero-order valence-electron chi connectivity index (χ0n) is 19.6. The molecule has 1 aliphatic rings. The maximum Gasteiger partial charge on any atom is 0.294 e. The Morgan fingerprint density at radius 2 is 1.83 bits per heavy atom. The summed E-state index contributed by atoms with van der Waals surface area (Å²) in [4.78, 5) is 39.4. The lowest BCUT2D eigenvalue weighted by Gasteiger charge is -2.13. The predicted molar refractivity (Wildman–Crippen MR) is 139 cm³/mol. The van der Waals surface area contributed by atoms with E-state index >= 15 is 0 Å². The lowest BCUT2D eigenvalue weighted by Crippen LogP contribution is -2.36. The third-order valence-corrected chi connectivity index (χ3v) is 6.42. The van der Waals surface area contributed by atoms with Gasteiger partial charge in [0.15, 0.2) is 0 Å². The van der Waals surface area contributed by atoms with Crippen molar-refractivity contribution in [2.45, 2.75) is 19.8 Å². The van der Waals surface area contributed by atoms with Gasteiger partial charge in [0.05, 0.1) is 18.6 Å². The number of carbonyl (C=O) groups is 3. The first-order valence-corrected chi connectivity index (χ1v) is 12.2. The number of thioether (sulfide) groups is 1. The van der Waals surface area contributed by atoms with Crippen molar-refractivity contribution in [1.29, 1.82) is 0 Å². The minimum Gasteiger partial charge on any atom is -0.497 e.